The molecule has 0 aliphatic heterocycles. The quantitative estimate of drug-likeness (QED) is 0.559. The van der Waals surface area contributed by atoms with E-state index in [4.69, 9.17) is 5.11 Å². The van der Waals surface area contributed by atoms with Gasteiger partial charge in [0.05, 0.1) is 7.11 Å². The van der Waals surface area contributed by atoms with Crippen molar-refractivity contribution in [3.63, 3.8) is 0 Å². The molecule has 0 saturated heterocycles. The van der Waals surface area contributed by atoms with Gasteiger partial charge in [0, 0.05) is 0 Å². The van der Waals surface area contributed by atoms with Crippen LogP contribution in [0.2, 0.25) is 0 Å². The lowest BCUT2D eigenvalue weighted by atomic mass is 10.3. The molecule has 10 heavy (non-hydrogen) atoms. The normalized spacial score (nSPS) is 12.0. The number of hydrogen-bond acceptors (Lipinski definition) is 4. The third-order valence-electron chi connectivity index (χ3n) is 0.551. The molecule has 0 unspecified atom stereocenters. The van der Waals surface area contributed by atoms with Crippen molar-refractivity contribution < 1.29 is 14.6 Å². The zero-order valence-corrected chi connectivity index (χ0v) is 6.16. The van der Waals surface area contributed by atoms with E-state index < -0.39 is 11.8 Å². The lowest BCUT2D eigenvalue weighted by molar-refractivity contribution is 0.0801. The van der Waals surface area contributed by atoms with E-state index in [-0.39, 0.29) is 0 Å². The molecule has 0 aliphatic carbocycles. The molecule has 5 heteroatoms. The molecule has 0 heterocycles. The monoisotopic (exact) mass is 146 g/mol. The molecule has 1 amide bonds. The zero-order valence-electron chi connectivity index (χ0n) is 6.16. The number of carbonyl (C=O) groups is 1. The van der Waals surface area contributed by atoms with Gasteiger partial charge in [0.2, 0.25) is 0 Å². The summed E-state index contributed by atoms with van der Waals surface area (Å²) in [6.07, 6.45) is -0.817. The minimum absolute atomic E-state index is 0.817. The van der Waals surface area contributed by atoms with E-state index in [1.54, 1.807) is 0 Å². The van der Waals surface area contributed by atoms with Crippen molar-refractivity contribution >= 4 is 6.09 Å². The molecule has 0 fully saturated rings. The number of azo groups is 1. The third kappa shape index (κ3) is 5.17. The van der Waals surface area contributed by atoms with Gasteiger partial charge in [-0.15, -0.1) is 5.11 Å². The predicted octanol–water partition coefficient (Wildman–Crippen LogP) is 0.933. The predicted molar refractivity (Wildman–Crippen MR) is 33.6 cm³/mol. The van der Waals surface area contributed by atoms with Crippen molar-refractivity contribution in [2.45, 2.75) is 19.6 Å². The van der Waals surface area contributed by atoms with Gasteiger partial charge in [-0.2, -0.15) is 0 Å². The number of hydrogen-bond donors (Lipinski definition) is 1. The van der Waals surface area contributed by atoms with Crippen molar-refractivity contribution in [1.29, 1.82) is 0 Å². The maximum Gasteiger partial charge on any atom is 0.451 e. The van der Waals surface area contributed by atoms with E-state index in [1.165, 1.54) is 21.0 Å². The van der Waals surface area contributed by atoms with E-state index in [0.717, 1.165) is 0 Å². The molecule has 0 aromatic rings. The summed E-state index contributed by atoms with van der Waals surface area (Å²) in [7, 11) is 1.19. The Hall–Kier alpha value is -0.970. The lowest BCUT2D eigenvalue weighted by Crippen LogP contribution is -2.14. The summed E-state index contributed by atoms with van der Waals surface area (Å²) in [5, 5.41) is 15.2. The van der Waals surface area contributed by atoms with Crippen LogP contribution in [0.4, 0.5) is 4.79 Å². The number of amides is 1. The van der Waals surface area contributed by atoms with Crippen LogP contribution in [0.25, 0.3) is 0 Å². The van der Waals surface area contributed by atoms with E-state index in [0.29, 0.717) is 0 Å². The largest absolute Gasteiger partial charge is 0.451 e. The van der Waals surface area contributed by atoms with Crippen LogP contribution in [0.1, 0.15) is 13.8 Å². The van der Waals surface area contributed by atoms with Gasteiger partial charge in [-0.05, 0) is 13.8 Å². The molecular formula is C5H10N2O3. The molecule has 0 bridgehead atoms. The Morgan fingerprint density at radius 3 is 2.40 bits per heavy atom. The lowest BCUT2D eigenvalue weighted by Gasteiger charge is -2.06. The van der Waals surface area contributed by atoms with Crippen LogP contribution in [-0.4, -0.2) is 24.0 Å². The van der Waals surface area contributed by atoms with Crippen LogP contribution in [0.5, 0.6) is 0 Å². The Bertz CT molecular complexity index is 147. The smallest absolute Gasteiger partial charge is 0.450 e. The number of carbonyl (C=O) groups excluding carboxylic acids is 1. The summed E-state index contributed by atoms with van der Waals surface area (Å²) >= 11 is 0. The Morgan fingerprint density at radius 1 is 1.60 bits per heavy atom. The first-order valence-electron chi connectivity index (χ1n) is 2.69. The summed E-state index contributed by atoms with van der Waals surface area (Å²) in [6.45, 7) is 2.80. The highest BCUT2D eigenvalue weighted by Crippen LogP contribution is 2.02. The Balaban J connectivity index is 3.88. The first-order chi connectivity index (χ1) is 4.45. The topological polar surface area (TPSA) is 71.2 Å². The van der Waals surface area contributed by atoms with E-state index in [2.05, 4.69) is 15.0 Å². The molecule has 0 spiro atoms. The fourth-order valence-corrected chi connectivity index (χ4v) is 0.204. The van der Waals surface area contributed by atoms with Crippen LogP contribution in [-0.2, 0) is 4.74 Å². The van der Waals surface area contributed by atoms with Crippen molar-refractivity contribution in [2.24, 2.45) is 10.2 Å². The van der Waals surface area contributed by atoms with E-state index >= 15 is 0 Å². The molecule has 0 aromatic carbocycles. The van der Waals surface area contributed by atoms with Gasteiger partial charge in [0.1, 0.15) is 0 Å². The molecular weight excluding hydrogens is 136 g/mol. The van der Waals surface area contributed by atoms with Crippen LogP contribution in [0.3, 0.4) is 0 Å². The Morgan fingerprint density at radius 2 is 2.10 bits per heavy atom. The van der Waals surface area contributed by atoms with Gasteiger partial charge < -0.3 is 9.84 Å². The molecule has 58 valence electrons. The van der Waals surface area contributed by atoms with Gasteiger partial charge >= 0.3 is 6.09 Å². The minimum Gasteiger partial charge on any atom is -0.450 e. The highest BCUT2D eigenvalue weighted by Gasteiger charge is 2.09. The van der Waals surface area contributed by atoms with Crippen molar-refractivity contribution in [3.05, 3.63) is 0 Å². The third-order valence-corrected chi connectivity index (χ3v) is 0.551. The zero-order chi connectivity index (χ0) is 8.20. The molecule has 0 radical (unpaired) electrons. The second-order valence-electron chi connectivity index (χ2n) is 2.16. The number of methoxy groups -OCH3 is 1. The number of aliphatic hydroxyl groups is 1. The number of rotatable bonds is 1. The molecule has 0 aromatic heterocycles. The Kier molecular flexibility index (Phi) is 2.95. The SMILES string of the molecule is COC(=O)/N=N/C(C)(C)O. The molecule has 0 saturated carbocycles. The highest BCUT2D eigenvalue weighted by molar-refractivity contribution is 5.67. The summed E-state index contributed by atoms with van der Waals surface area (Å²) in [5.41, 5.74) is -1.31. The first-order valence-corrected chi connectivity index (χ1v) is 2.69. The molecule has 0 aliphatic rings. The second kappa shape index (κ2) is 3.26. The average Bonchev–Trinajstić information content (AvgIpc) is 1.81. The number of nitrogens with zero attached hydrogens (tertiary/aromatic N) is 2. The van der Waals surface area contributed by atoms with Crippen LogP contribution in [0.15, 0.2) is 10.2 Å². The second-order valence-corrected chi connectivity index (χ2v) is 2.16. The fraction of sp³-hybridized carbons (Fsp3) is 0.800. The standard InChI is InChI=1S/C5H10N2O3/c1-5(2,9)7-6-4(8)10-3/h9H,1-3H3/b7-6+. The molecule has 1 N–H and O–H groups in total. The van der Waals surface area contributed by atoms with Crippen LogP contribution >= 0.6 is 0 Å². The maximum atomic E-state index is 10.3. The summed E-state index contributed by atoms with van der Waals surface area (Å²) in [4.78, 5) is 10.3. The van der Waals surface area contributed by atoms with Crippen LogP contribution < -0.4 is 0 Å². The van der Waals surface area contributed by atoms with Gasteiger partial charge in [-0.3, -0.25) is 0 Å². The van der Waals surface area contributed by atoms with Gasteiger partial charge in [0.25, 0.3) is 0 Å². The van der Waals surface area contributed by atoms with Gasteiger partial charge in [-0.25, -0.2) is 4.79 Å². The first kappa shape index (κ1) is 9.03. The average molecular weight is 146 g/mol. The maximum absolute atomic E-state index is 10.3. The Labute approximate surface area is 58.7 Å². The molecule has 0 atom stereocenters. The van der Waals surface area contributed by atoms with E-state index in [9.17, 15) is 4.79 Å². The summed E-state index contributed by atoms with van der Waals surface area (Å²) in [5.74, 6) is 0. The molecule has 0 rings (SSSR count). The summed E-state index contributed by atoms with van der Waals surface area (Å²) in [6, 6.07) is 0. The fourth-order valence-electron chi connectivity index (χ4n) is 0.204. The number of ether oxygens (including phenoxy) is 1. The van der Waals surface area contributed by atoms with Crippen molar-refractivity contribution in [3.8, 4) is 0 Å². The van der Waals surface area contributed by atoms with Crippen molar-refractivity contribution in [2.75, 3.05) is 7.11 Å². The van der Waals surface area contributed by atoms with Gasteiger partial charge in [-0.1, -0.05) is 5.11 Å². The van der Waals surface area contributed by atoms with Crippen LogP contribution in [0, 0.1) is 0 Å². The highest BCUT2D eigenvalue weighted by atomic mass is 16.5. The van der Waals surface area contributed by atoms with E-state index in [1.807, 2.05) is 0 Å². The van der Waals surface area contributed by atoms with Gasteiger partial charge in [0.15, 0.2) is 5.72 Å². The molecule has 5 nitrogen and oxygen atoms in total. The minimum atomic E-state index is -1.31. The summed E-state index contributed by atoms with van der Waals surface area (Å²) < 4.78 is 4.14. The van der Waals surface area contributed by atoms with Crippen molar-refractivity contribution in [1.82, 2.24) is 0 Å².